The first kappa shape index (κ1) is 21.8. The third-order valence-electron chi connectivity index (χ3n) is 4.85. The fraction of sp³-hybridized carbons (Fsp3) is 0.250. The van der Waals surface area contributed by atoms with Crippen LogP contribution >= 0.6 is 15.9 Å². The number of benzene rings is 2. The predicted molar refractivity (Wildman–Crippen MR) is 106 cm³/mol. The van der Waals surface area contributed by atoms with Crippen molar-refractivity contribution in [1.82, 2.24) is 10.2 Å². The van der Waals surface area contributed by atoms with Gasteiger partial charge < -0.3 is 10.6 Å². The molecule has 1 saturated heterocycles. The number of hydrogen-bond donors (Lipinski definition) is 2. The summed E-state index contributed by atoms with van der Waals surface area (Å²) in [7, 11) is 0. The lowest BCUT2D eigenvalue weighted by Crippen LogP contribution is -2.47. The van der Waals surface area contributed by atoms with Crippen LogP contribution < -0.4 is 10.6 Å². The fourth-order valence-corrected chi connectivity index (χ4v) is 3.54. The van der Waals surface area contributed by atoms with Gasteiger partial charge in [-0.2, -0.15) is 13.2 Å². The molecule has 6 nitrogen and oxygen atoms in total. The highest BCUT2D eigenvalue weighted by Gasteiger charge is 2.51. The van der Waals surface area contributed by atoms with E-state index < -0.39 is 41.2 Å². The van der Waals surface area contributed by atoms with Crippen LogP contribution in [0.25, 0.3) is 0 Å². The largest absolute Gasteiger partial charge is 0.416 e. The van der Waals surface area contributed by atoms with Crippen LogP contribution in [0.1, 0.15) is 25.0 Å². The Morgan fingerprint density at radius 3 is 2.47 bits per heavy atom. The Morgan fingerprint density at radius 1 is 1.17 bits per heavy atom. The van der Waals surface area contributed by atoms with Crippen molar-refractivity contribution in [2.24, 2.45) is 0 Å². The summed E-state index contributed by atoms with van der Waals surface area (Å²) in [5, 5.41) is 4.92. The summed E-state index contributed by atoms with van der Waals surface area (Å²) in [6.45, 7) is 2.85. The normalized spacial score (nSPS) is 20.1. The average Bonchev–Trinajstić information content (AvgIpc) is 2.90. The van der Waals surface area contributed by atoms with Gasteiger partial charge in [-0.3, -0.25) is 9.59 Å². The number of halogens is 4. The standard InChI is InChI=1S/C20H17BrF3N3O3/c1-11(16(28)25-15-8-4-6-13(10-15)20(22,23)24)27-17(29)19(2,26-18(27)30)12-5-3-7-14(21)9-12/h3-11H,1-2H3,(H,25,28)(H,26,30)/t11-,19+/m0/s1. The van der Waals surface area contributed by atoms with Crippen LogP contribution in [0.15, 0.2) is 53.0 Å². The van der Waals surface area contributed by atoms with Gasteiger partial charge in [0.1, 0.15) is 11.6 Å². The number of nitrogens with zero attached hydrogens (tertiary/aromatic N) is 1. The molecule has 0 unspecified atom stereocenters. The molecule has 0 spiro atoms. The molecule has 0 radical (unpaired) electrons. The quantitative estimate of drug-likeness (QED) is 0.637. The van der Waals surface area contributed by atoms with Crippen LogP contribution in [0.2, 0.25) is 0 Å². The first-order valence-electron chi connectivity index (χ1n) is 8.83. The molecule has 3 rings (SSSR count). The Labute approximate surface area is 178 Å². The van der Waals surface area contributed by atoms with Crippen molar-refractivity contribution in [3.05, 3.63) is 64.1 Å². The fourth-order valence-electron chi connectivity index (χ4n) is 3.14. The molecule has 10 heteroatoms. The third kappa shape index (κ3) is 4.04. The van der Waals surface area contributed by atoms with Gasteiger partial charge in [-0.15, -0.1) is 0 Å². The van der Waals surface area contributed by atoms with Gasteiger partial charge >= 0.3 is 12.2 Å². The van der Waals surface area contributed by atoms with Crippen LogP contribution in [0.3, 0.4) is 0 Å². The lowest BCUT2D eigenvalue weighted by Gasteiger charge is -2.24. The number of alkyl halides is 3. The highest BCUT2D eigenvalue weighted by molar-refractivity contribution is 9.10. The molecule has 4 amide bonds. The second-order valence-electron chi connectivity index (χ2n) is 6.98. The topological polar surface area (TPSA) is 78.5 Å². The molecule has 30 heavy (non-hydrogen) atoms. The molecule has 1 fully saturated rings. The maximum atomic E-state index is 13.0. The molecule has 1 heterocycles. The van der Waals surface area contributed by atoms with Crippen LogP contribution in [0, 0.1) is 0 Å². The summed E-state index contributed by atoms with van der Waals surface area (Å²) < 4.78 is 39.3. The Balaban J connectivity index is 1.81. The SMILES string of the molecule is C[C@@H](C(=O)Nc1cccc(C(F)(F)F)c1)N1C(=O)N[C@](C)(c2cccc(Br)c2)C1=O. The van der Waals surface area contributed by atoms with E-state index in [9.17, 15) is 27.6 Å². The number of amides is 4. The Bertz CT molecular complexity index is 1030. The number of nitrogens with one attached hydrogen (secondary N) is 2. The minimum absolute atomic E-state index is 0.0940. The monoisotopic (exact) mass is 483 g/mol. The summed E-state index contributed by atoms with van der Waals surface area (Å²) in [6.07, 6.45) is -4.57. The second kappa shape index (κ2) is 7.75. The summed E-state index contributed by atoms with van der Waals surface area (Å²) in [5.74, 6) is -1.44. The molecular formula is C20H17BrF3N3O3. The van der Waals surface area contributed by atoms with E-state index in [1.807, 2.05) is 0 Å². The van der Waals surface area contributed by atoms with Crippen molar-refractivity contribution in [1.29, 1.82) is 0 Å². The molecule has 0 bridgehead atoms. The zero-order valence-electron chi connectivity index (χ0n) is 15.9. The zero-order valence-corrected chi connectivity index (χ0v) is 17.5. The summed E-state index contributed by atoms with van der Waals surface area (Å²) in [4.78, 5) is 38.9. The first-order valence-corrected chi connectivity index (χ1v) is 9.63. The van der Waals surface area contributed by atoms with Crippen molar-refractivity contribution < 1.29 is 27.6 Å². The van der Waals surface area contributed by atoms with Crippen molar-refractivity contribution >= 4 is 39.5 Å². The van der Waals surface area contributed by atoms with E-state index in [1.54, 1.807) is 24.3 Å². The Kier molecular flexibility index (Phi) is 5.64. The molecule has 1 aliphatic heterocycles. The van der Waals surface area contributed by atoms with Crippen molar-refractivity contribution in [2.75, 3.05) is 5.32 Å². The molecule has 2 atom stereocenters. The molecule has 2 N–H and O–H groups in total. The Morgan fingerprint density at radius 2 is 1.83 bits per heavy atom. The van der Waals surface area contributed by atoms with E-state index in [0.717, 1.165) is 23.1 Å². The van der Waals surface area contributed by atoms with Crippen LogP contribution in [-0.4, -0.2) is 28.8 Å². The van der Waals surface area contributed by atoms with Crippen molar-refractivity contribution in [3.63, 3.8) is 0 Å². The smallest absolute Gasteiger partial charge is 0.324 e. The zero-order chi connectivity index (χ0) is 22.3. The molecule has 2 aromatic carbocycles. The number of rotatable bonds is 4. The number of urea groups is 1. The Hall–Kier alpha value is -2.88. The molecule has 0 saturated carbocycles. The van der Waals surface area contributed by atoms with E-state index >= 15 is 0 Å². The van der Waals surface area contributed by atoms with Crippen molar-refractivity contribution in [3.8, 4) is 0 Å². The lowest BCUT2D eigenvalue weighted by molar-refractivity contribution is -0.137. The lowest BCUT2D eigenvalue weighted by atomic mass is 9.92. The minimum Gasteiger partial charge on any atom is -0.324 e. The highest BCUT2D eigenvalue weighted by atomic mass is 79.9. The van der Waals surface area contributed by atoms with Gasteiger partial charge in [0.15, 0.2) is 0 Å². The van der Waals surface area contributed by atoms with E-state index in [2.05, 4.69) is 26.6 Å². The summed E-state index contributed by atoms with van der Waals surface area (Å²) in [5.41, 5.74) is -1.89. The van der Waals surface area contributed by atoms with Crippen molar-refractivity contribution in [2.45, 2.75) is 31.6 Å². The van der Waals surface area contributed by atoms with E-state index in [1.165, 1.54) is 19.9 Å². The molecule has 2 aromatic rings. The number of hydrogen-bond acceptors (Lipinski definition) is 3. The third-order valence-corrected chi connectivity index (χ3v) is 5.34. The molecule has 0 aliphatic carbocycles. The highest BCUT2D eigenvalue weighted by Crippen LogP contribution is 2.33. The average molecular weight is 484 g/mol. The summed E-state index contributed by atoms with van der Waals surface area (Å²) >= 11 is 3.31. The van der Waals surface area contributed by atoms with Gasteiger partial charge in [-0.05, 0) is 49.7 Å². The van der Waals surface area contributed by atoms with Gasteiger partial charge in [-0.25, -0.2) is 9.69 Å². The van der Waals surface area contributed by atoms with E-state index in [4.69, 9.17) is 0 Å². The van der Waals surface area contributed by atoms with Gasteiger partial charge in [-0.1, -0.05) is 34.1 Å². The van der Waals surface area contributed by atoms with Gasteiger partial charge in [0.05, 0.1) is 5.56 Å². The van der Waals surface area contributed by atoms with Gasteiger partial charge in [0, 0.05) is 10.2 Å². The van der Waals surface area contributed by atoms with Crippen LogP contribution in [0.4, 0.5) is 23.7 Å². The number of carbonyl (C=O) groups is 3. The minimum atomic E-state index is -4.57. The van der Waals surface area contributed by atoms with Gasteiger partial charge in [0.25, 0.3) is 5.91 Å². The first-order chi connectivity index (χ1) is 13.9. The molecular weight excluding hydrogens is 467 g/mol. The van der Waals surface area contributed by atoms with E-state index in [-0.39, 0.29) is 5.69 Å². The second-order valence-corrected chi connectivity index (χ2v) is 7.90. The van der Waals surface area contributed by atoms with Gasteiger partial charge in [0.2, 0.25) is 5.91 Å². The van der Waals surface area contributed by atoms with Crippen LogP contribution in [-0.2, 0) is 21.3 Å². The maximum Gasteiger partial charge on any atom is 0.416 e. The number of carbonyl (C=O) groups excluding carboxylic acids is 3. The maximum absolute atomic E-state index is 13.0. The molecule has 158 valence electrons. The number of anilines is 1. The predicted octanol–water partition coefficient (Wildman–Crippen LogP) is 4.26. The van der Waals surface area contributed by atoms with Crippen LogP contribution in [0.5, 0.6) is 0 Å². The summed E-state index contributed by atoms with van der Waals surface area (Å²) in [6, 6.07) is 8.89. The van der Waals surface area contributed by atoms with E-state index in [0.29, 0.717) is 10.0 Å². The molecule has 0 aromatic heterocycles. The molecule has 1 aliphatic rings. The number of imide groups is 1.